The second-order valence-electron chi connectivity index (χ2n) is 9.69. The molecule has 0 saturated carbocycles. The molecule has 6 heteroatoms. The summed E-state index contributed by atoms with van der Waals surface area (Å²) in [6, 6.07) is 35.2. The minimum Gasteiger partial charge on any atom is -0.385 e. The lowest BCUT2D eigenvalue weighted by Gasteiger charge is -2.27. The molecule has 2 N–H and O–H groups in total. The Morgan fingerprint density at radius 1 is 0.897 bits per heavy atom. The molecule has 39 heavy (non-hydrogen) atoms. The molecule has 0 spiro atoms. The number of anilines is 1. The van der Waals surface area contributed by atoms with Crippen molar-refractivity contribution in [1.29, 1.82) is 0 Å². The molecule has 5 rings (SSSR count). The molecule has 2 atom stereocenters. The molecule has 198 valence electrons. The first-order chi connectivity index (χ1) is 19.1. The van der Waals surface area contributed by atoms with Gasteiger partial charge in [0.25, 0.3) is 11.8 Å². The Balaban J connectivity index is 1.35. The summed E-state index contributed by atoms with van der Waals surface area (Å²) in [5, 5.41) is 6.75. The largest absolute Gasteiger partial charge is 0.385 e. The molecule has 2 amide bonds. The minimum atomic E-state index is -0.320. The number of fused-ring (bicyclic) bond motifs is 1. The van der Waals surface area contributed by atoms with Crippen LogP contribution in [0.4, 0.5) is 5.69 Å². The number of hydrogen-bond donors (Lipinski definition) is 2. The van der Waals surface area contributed by atoms with Crippen molar-refractivity contribution in [2.45, 2.75) is 25.0 Å². The van der Waals surface area contributed by atoms with Crippen molar-refractivity contribution in [3.05, 3.63) is 137 Å². The number of ether oxygens (including phenoxy) is 1. The van der Waals surface area contributed by atoms with Crippen molar-refractivity contribution in [2.24, 2.45) is 0 Å². The number of rotatable bonds is 11. The van der Waals surface area contributed by atoms with Crippen LogP contribution in [0.5, 0.6) is 0 Å². The van der Waals surface area contributed by atoms with Gasteiger partial charge in [0.15, 0.2) is 0 Å². The molecule has 6 nitrogen and oxygen atoms in total. The van der Waals surface area contributed by atoms with Crippen molar-refractivity contribution in [3.8, 4) is 0 Å². The number of nitrogens with one attached hydrogen (secondary N) is 2. The summed E-state index contributed by atoms with van der Waals surface area (Å²) >= 11 is 0. The molecule has 4 aromatic carbocycles. The van der Waals surface area contributed by atoms with E-state index in [1.54, 1.807) is 7.11 Å². The lowest BCUT2D eigenvalue weighted by molar-refractivity contribution is 0.0721. The number of hydrogen-bond acceptors (Lipinski definition) is 4. The molecular formula is C33H33N3O3. The van der Waals surface area contributed by atoms with Gasteiger partial charge >= 0.3 is 0 Å². The zero-order chi connectivity index (χ0) is 27.0. The molecule has 0 aromatic heterocycles. The van der Waals surface area contributed by atoms with Crippen LogP contribution in [0.15, 0.2) is 109 Å². The molecule has 0 radical (unpaired) electrons. The Kier molecular flexibility index (Phi) is 8.34. The van der Waals surface area contributed by atoms with Gasteiger partial charge in [-0.15, -0.1) is 0 Å². The van der Waals surface area contributed by atoms with E-state index < -0.39 is 0 Å². The third kappa shape index (κ3) is 6.19. The van der Waals surface area contributed by atoms with Crippen LogP contribution in [0.1, 0.15) is 56.0 Å². The summed E-state index contributed by atoms with van der Waals surface area (Å²) in [6.45, 7) is 1.14. The fraction of sp³-hybridized carbons (Fsp3) is 0.212. The summed E-state index contributed by atoms with van der Waals surface area (Å²) in [5.41, 5.74) is 5.16. The highest BCUT2D eigenvalue weighted by Crippen LogP contribution is 2.34. The lowest BCUT2D eigenvalue weighted by atomic mass is 9.98. The maximum atomic E-state index is 13.5. The van der Waals surface area contributed by atoms with E-state index in [1.807, 2.05) is 102 Å². The SMILES string of the molecule is COCCCN1C(=O)c2ccccc2C1Nc1cccc(C(=O)NC(Cc2ccccc2)c2ccccc2)c1. The van der Waals surface area contributed by atoms with Gasteiger partial charge in [-0.1, -0.05) is 84.9 Å². The van der Waals surface area contributed by atoms with Gasteiger partial charge in [0.2, 0.25) is 0 Å². The topological polar surface area (TPSA) is 70.7 Å². The van der Waals surface area contributed by atoms with E-state index in [0.29, 0.717) is 30.7 Å². The molecule has 2 unspecified atom stereocenters. The number of carbonyl (C=O) groups excluding carboxylic acids is 2. The Hall–Kier alpha value is -4.42. The molecule has 1 aliphatic rings. The average Bonchev–Trinajstić information content (AvgIpc) is 3.24. The van der Waals surface area contributed by atoms with Gasteiger partial charge in [-0.2, -0.15) is 0 Å². The standard InChI is InChI=1S/C33H33N3O3/c1-39-21-11-20-36-31(28-18-8-9-19-29(28)33(36)38)34-27-17-10-16-26(23-27)32(37)35-30(25-14-6-3-7-15-25)22-24-12-4-2-5-13-24/h2-10,12-19,23,30-31,34H,11,20-22H2,1H3,(H,35,37). The van der Waals surface area contributed by atoms with Crippen LogP contribution >= 0.6 is 0 Å². The second kappa shape index (κ2) is 12.4. The second-order valence-corrected chi connectivity index (χ2v) is 9.69. The van der Waals surface area contributed by atoms with Crippen LogP contribution in [0, 0.1) is 0 Å². The summed E-state index contributed by atoms with van der Waals surface area (Å²) in [7, 11) is 1.66. The normalized spacial score (nSPS) is 15.1. The first-order valence-corrected chi connectivity index (χ1v) is 13.3. The van der Waals surface area contributed by atoms with Gasteiger partial charge < -0.3 is 20.3 Å². The van der Waals surface area contributed by atoms with E-state index in [9.17, 15) is 9.59 Å². The van der Waals surface area contributed by atoms with Crippen LogP contribution < -0.4 is 10.6 Å². The van der Waals surface area contributed by atoms with E-state index in [1.165, 1.54) is 0 Å². The van der Waals surface area contributed by atoms with Gasteiger partial charge in [-0.3, -0.25) is 9.59 Å². The zero-order valence-corrected chi connectivity index (χ0v) is 22.0. The summed E-state index contributed by atoms with van der Waals surface area (Å²) in [5.74, 6) is -0.150. The molecule has 4 aromatic rings. The first-order valence-electron chi connectivity index (χ1n) is 13.3. The minimum absolute atomic E-state index is 0.000263. The van der Waals surface area contributed by atoms with Crippen molar-refractivity contribution in [1.82, 2.24) is 10.2 Å². The van der Waals surface area contributed by atoms with Crippen molar-refractivity contribution in [2.75, 3.05) is 25.6 Å². The Morgan fingerprint density at radius 3 is 2.38 bits per heavy atom. The quantitative estimate of drug-likeness (QED) is 0.238. The highest BCUT2D eigenvalue weighted by Gasteiger charge is 2.36. The monoisotopic (exact) mass is 519 g/mol. The maximum Gasteiger partial charge on any atom is 0.256 e. The first kappa shape index (κ1) is 26.2. The molecule has 0 fully saturated rings. The summed E-state index contributed by atoms with van der Waals surface area (Å²) in [6.07, 6.45) is 1.10. The number of benzene rings is 4. The van der Waals surface area contributed by atoms with Gasteiger partial charge in [0.1, 0.15) is 6.17 Å². The van der Waals surface area contributed by atoms with Crippen molar-refractivity contribution >= 4 is 17.5 Å². The van der Waals surface area contributed by atoms with Gasteiger partial charge in [0, 0.05) is 42.6 Å². The fourth-order valence-corrected chi connectivity index (χ4v) is 5.07. The average molecular weight is 520 g/mol. The van der Waals surface area contributed by atoms with Crippen molar-refractivity contribution in [3.63, 3.8) is 0 Å². The Morgan fingerprint density at radius 2 is 1.62 bits per heavy atom. The van der Waals surface area contributed by atoms with E-state index in [-0.39, 0.29) is 24.0 Å². The number of amides is 2. The van der Waals surface area contributed by atoms with Crippen LogP contribution in [-0.4, -0.2) is 37.0 Å². The van der Waals surface area contributed by atoms with E-state index in [4.69, 9.17) is 4.74 Å². The Labute approximate surface area is 229 Å². The molecule has 0 saturated heterocycles. The van der Waals surface area contributed by atoms with E-state index in [0.717, 1.165) is 28.8 Å². The summed E-state index contributed by atoms with van der Waals surface area (Å²) in [4.78, 5) is 28.5. The number of methoxy groups -OCH3 is 1. The number of nitrogens with zero attached hydrogens (tertiary/aromatic N) is 1. The molecule has 0 bridgehead atoms. The maximum absolute atomic E-state index is 13.5. The van der Waals surface area contributed by atoms with Crippen LogP contribution in [0.2, 0.25) is 0 Å². The lowest BCUT2D eigenvalue weighted by Crippen LogP contribution is -2.34. The third-order valence-electron chi connectivity index (χ3n) is 7.02. The van der Waals surface area contributed by atoms with Gasteiger partial charge in [-0.05, 0) is 48.2 Å². The number of carbonyl (C=O) groups is 2. The molecule has 1 heterocycles. The smallest absolute Gasteiger partial charge is 0.256 e. The van der Waals surface area contributed by atoms with E-state index in [2.05, 4.69) is 22.8 Å². The van der Waals surface area contributed by atoms with Crippen LogP contribution in [0.25, 0.3) is 0 Å². The zero-order valence-electron chi connectivity index (χ0n) is 22.0. The molecule has 0 aliphatic carbocycles. The Bertz CT molecular complexity index is 1410. The van der Waals surface area contributed by atoms with E-state index >= 15 is 0 Å². The van der Waals surface area contributed by atoms with Crippen LogP contribution in [0.3, 0.4) is 0 Å². The van der Waals surface area contributed by atoms with Crippen molar-refractivity contribution < 1.29 is 14.3 Å². The predicted molar refractivity (Wildman–Crippen MR) is 154 cm³/mol. The fourth-order valence-electron chi connectivity index (χ4n) is 5.07. The third-order valence-corrected chi connectivity index (χ3v) is 7.02. The summed E-state index contributed by atoms with van der Waals surface area (Å²) < 4.78 is 5.21. The molecule has 1 aliphatic heterocycles. The predicted octanol–water partition coefficient (Wildman–Crippen LogP) is 6.00. The van der Waals surface area contributed by atoms with Crippen LogP contribution in [-0.2, 0) is 11.2 Å². The highest BCUT2D eigenvalue weighted by molar-refractivity contribution is 5.99. The molecular weight excluding hydrogens is 486 g/mol. The van der Waals surface area contributed by atoms with Gasteiger partial charge in [0.05, 0.1) is 6.04 Å². The highest BCUT2D eigenvalue weighted by atomic mass is 16.5. The van der Waals surface area contributed by atoms with Gasteiger partial charge in [-0.25, -0.2) is 0 Å².